The lowest BCUT2D eigenvalue weighted by Crippen LogP contribution is -2.49. The van der Waals surface area contributed by atoms with E-state index in [0.29, 0.717) is 29.7 Å². The number of carbonyl (C=O) groups is 1. The molecule has 0 aliphatic carbocycles. The Hall–Kier alpha value is -2.85. The molecular formula is C23H30N6O3S. The highest BCUT2D eigenvalue weighted by Crippen LogP contribution is 2.36. The average Bonchev–Trinajstić information content (AvgIpc) is 3.14. The summed E-state index contributed by atoms with van der Waals surface area (Å²) in [5.41, 5.74) is 1.82. The number of aromatic nitrogens is 4. The quantitative estimate of drug-likeness (QED) is 0.542. The van der Waals surface area contributed by atoms with Crippen molar-refractivity contribution in [3.63, 3.8) is 0 Å². The number of rotatable bonds is 6. The lowest BCUT2D eigenvalue weighted by Gasteiger charge is -2.35. The van der Waals surface area contributed by atoms with Crippen molar-refractivity contribution in [1.29, 1.82) is 0 Å². The SMILES string of the molecule is COCc1nc(OC)c2c(C)c(C(=O)N3CCN(c4cc(C)nc(C(C)C)n4)CC3)sc2n1. The van der Waals surface area contributed by atoms with Gasteiger partial charge in [-0.05, 0) is 19.4 Å². The Morgan fingerprint density at radius 2 is 1.82 bits per heavy atom. The van der Waals surface area contributed by atoms with Crippen molar-refractivity contribution >= 4 is 33.3 Å². The van der Waals surface area contributed by atoms with Gasteiger partial charge < -0.3 is 19.3 Å². The molecule has 4 heterocycles. The highest BCUT2D eigenvalue weighted by Gasteiger charge is 2.28. The van der Waals surface area contributed by atoms with E-state index in [0.717, 1.165) is 46.2 Å². The third kappa shape index (κ3) is 4.63. The summed E-state index contributed by atoms with van der Waals surface area (Å²) < 4.78 is 10.7. The molecular weight excluding hydrogens is 440 g/mol. The number of hydrogen-bond donors (Lipinski definition) is 0. The van der Waals surface area contributed by atoms with Crippen LogP contribution >= 0.6 is 11.3 Å². The Bertz CT molecular complexity index is 1170. The lowest BCUT2D eigenvalue weighted by molar-refractivity contribution is 0.0751. The molecule has 9 nitrogen and oxygen atoms in total. The zero-order valence-corrected chi connectivity index (χ0v) is 20.8. The number of carbonyl (C=O) groups excluding carboxylic acids is 1. The number of piperazine rings is 1. The summed E-state index contributed by atoms with van der Waals surface area (Å²) in [5, 5.41) is 0.794. The van der Waals surface area contributed by atoms with Crippen LogP contribution in [-0.2, 0) is 11.3 Å². The first-order valence-corrected chi connectivity index (χ1v) is 11.9. The molecule has 1 aliphatic heterocycles. The molecule has 1 amide bonds. The van der Waals surface area contributed by atoms with Gasteiger partial charge in [0.1, 0.15) is 23.1 Å². The van der Waals surface area contributed by atoms with Gasteiger partial charge in [0.15, 0.2) is 5.82 Å². The number of thiophene rings is 1. The Balaban J connectivity index is 1.54. The summed E-state index contributed by atoms with van der Waals surface area (Å²) >= 11 is 1.39. The zero-order chi connectivity index (χ0) is 23.7. The molecule has 0 atom stereocenters. The van der Waals surface area contributed by atoms with Gasteiger partial charge in [-0.15, -0.1) is 11.3 Å². The third-order valence-electron chi connectivity index (χ3n) is 5.73. The normalized spacial score (nSPS) is 14.4. The Kier molecular flexibility index (Phi) is 6.76. The van der Waals surface area contributed by atoms with E-state index < -0.39 is 0 Å². The van der Waals surface area contributed by atoms with Crippen LogP contribution in [-0.4, -0.2) is 71.1 Å². The van der Waals surface area contributed by atoms with Gasteiger partial charge in [0.2, 0.25) is 5.88 Å². The van der Waals surface area contributed by atoms with E-state index in [1.807, 2.05) is 24.8 Å². The van der Waals surface area contributed by atoms with Crippen LogP contribution in [0.1, 0.15) is 52.3 Å². The number of methoxy groups -OCH3 is 2. The molecule has 0 bridgehead atoms. The van der Waals surface area contributed by atoms with E-state index in [1.165, 1.54) is 11.3 Å². The zero-order valence-electron chi connectivity index (χ0n) is 20.0. The second-order valence-corrected chi connectivity index (χ2v) is 9.48. The minimum Gasteiger partial charge on any atom is -0.480 e. The summed E-state index contributed by atoms with van der Waals surface area (Å²) in [6, 6.07) is 2.02. The van der Waals surface area contributed by atoms with E-state index >= 15 is 0 Å². The molecule has 0 N–H and O–H groups in total. The fraction of sp³-hybridized carbons (Fsp3) is 0.522. The maximum absolute atomic E-state index is 13.4. The van der Waals surface area contributed by atoms with Gasteiger partial charge in [0.25, 0.3) is 5.91 Å². The molecule has 0 saturated carbocycles. The molecule has 1 fully saturated rings. The smallest absolute Gasteiger partial charge is 0.264 e. The maximum Gasteiger partial charge on any atom is 0.264 e. The van der Waals surface area contributed by atoms with Gasteiger partial charge in [-0.3, -0.25) is 4.79 Å². The molecule has 3 aromatic rings. The van der Waals surface area contributed by atoms with Crippen molar-refractivity contribution in [3.05, 3.63) is 33.8 Å². The van der Waals surface area contributed by atoms with E-state index in [1.54, 1.807) is 14.2 Å². The fourth-order valence-corrected chi connectivity index (χ4v) is 5.12. The number of amides is 1. The molecule has 33 heavy (non-hydrogen) atoms. The molecule has 1 saturated heterocycles. The minimum atomic E-state index is 0.0206. The van der Waals surface area contributed by atoms with Crippen LogP contribution < -0.4 is 9.64 Å². The van der Waals surface area contributed by atoms with Crippen molar-refractivity contribution < 1.29 is 14.3 Å². The van der Waals surface area contributed by atoms with Crippen LogP contribution in [0.3, 0.4) is 0 Å². The van der Waals surface area contributed by atoms with Crippen LogP contribution in [0.5, 0.6) is 5.88 Å². The number of fused-ring (bicyclic) bond motifs is 1. The average molecular weight is 471 g/mol. The predicted molar refractivity (Wildman–Crippen MR) is 128 cm³/mol. The van der Waals surface area contributed by atoms with E-state index in [2.05, 4.69) is 33.7 Å². The summed E-state index contributed by atoms with van der Waals surface area (Å²) in [6.07, 6.45) is 0. The molecule has 0 aromatic carbocycles. The van der Waals surface area contributed by atoms with Gasteiger partial charge in [0.05, 0.1) is 17.4 Å². The Labute approximate surface area is 197 Å². The van der Waals surface area contributed by atoms with Crippen LogP contribution in [0.4, 0.5) is 5.82 Å². The molecule has 10 heteroatoms. The first kappa shape index (κ1) is 23.3. The molecule has 1 aliphatic rings. The molecule has 3 aromatic heterocycles. The number of ether oxygens (including phenoxy) is 2. The summed E-state index contributed by atoms with van der Waals surface area (Å²) in [5.74, 6) is 3.09. The second-order valence-electron chi connectivity index (χ2n) is 8.48. The standard InChI is InChI=1S/C23H30N6O3S/c1-13(2)20-24-14(3)11-17(27-20)28-7-9-29(10-8-28)23(30)19-15(4)18-21(32-6)25-16(12-31-5)26-22(18)33-19/h11,13H,7-10,12H2,1-6H3. The summed E-state index contributed by atoms with van der Waals surface area (Å²) in [6.45, 7) is 11.1. The van der Waals surface area contributed by atoms with Gasteiger partial charge >= 0.3 is 0 Å². The van der Waals surface area contributed by atoms with Crippen molar-refractivity contribution in [2.24, 2.45) is 0 Å². The first-order chi connectivity index (χ1) is 15.8. The summed E-state index contributed by atoms with van der Waals surface area (Å²) in [4.78, 5) is 37.3. The van der Waals surface area contributed by atoms with Crippen molar-refractivity contribution in [1.82, 2.24) is 24.8 Å². The van der Waals surface area contributed by atoms with Crippen molar-refractivity contribution in [2.45, 2.75) is 40.2 Å². The fourth-order valence-electron chi connectivity index (χ4n) is 3.97. The first-order valence-electron chi connectivity index (χ1n) is 11.0. The number of aryl methyl sites for hydroxylation is 2. The van der Waals surface area contributed by atoms with E-state index in [9.17, 15) is 4.79 Å². The number of hydrogen-bond acceptors (Lipinski definition) is 9. The molecule has 4 rings (SSSR count). The molecule has 0 unspecified atom stereocenters. The van der Waals surface area contributed by atoms with E-state index in [-0.39, 0.29) is 18.4 Å². The third-order valence-corrected chi connectivity index (χ3v) is 6.90. The van der Waals surface area contributed by atoms with Crippen LogP contribution in [0.15, 0.2) is 6.07 Å². The van der Waals surface area contributed by atoms with Gasteiger partial charge in [-0.25, -0.2) is 15.0 Å². The van der Waals surface area contributed by atoms with Gasteiger partial charge in [-0.2, -0.15) is 4.98 Å². The minimum absolute atomic E-state index is 0.0206. The molecule has 176 valence electrons. The van der Waals surface area contributed by atoms with Crippen LogP contribution in [0.25, 0.3) is 10.2 Å². The van der Waals surface area contributed by atoms with E-state index in [4.69, 9.17) is 14.5 Å². The monoisotopic (exact) mass is 470 g/mol. The predicted octanol–water partition coefficient (Wildman–Crippen LogP) is 3.34. The van der Waals surface area contributed by atoms with Crippen molar-refractivity contribution in [3.8, 4) is 5.88 Å². The van der Waals surface area contributed by atoms with Gasteiger partial charge in [-0.1, -0.05) is 13.8 Å². The molecule has 0 spiro atoms. The van der Waals surface area contributed by atoms with Crippen molar-refractivity contribution in [2.75, 3.05) is 45.3 Å². The topological polar surface area (TPSA) is 93.6 Å². The Morgan fingerprint density at radius 1 is 1.09 bits per heavy atom. The van der Waals surface area contributed by atoms with Crippen LogP contribution in [0, 0.1) is 13.8 Å². The Morgan fingerprint density at radius 3 is 2.45 bits per heavy atom. The highest BCUT2D eigenvalue weighted by molar-refractivity contribution is 7.20. The second kappa shape index (κ2) is 9.56. The largest absolute Gasteiger partial charge is 0.480 e. The number of nitrogens with zero attached hydrogens (tertiary/aromatic N) is 6. The molecule has 0 radical (unpaired) electrons. The lowest BCUT2D eigenvalue weighted by atomic mass is 10.2. The van der Waals surface area contributed by atoms with Crippen LogP contribution in [0.2, 0.25) is 0 Å². The van der Waals surface area contributed by atoms with Gasteiger partial charge in [0, 0.05) is 51.0 Å². The summed E-state index contributed by atoms with van der Waals surface area (Å²) in [7, 11) is 3.18. The highest BCUT2D eigenvalue weighted by atomic mass is 32.1. The number of anilines is 1. The maximum atomic E-state index is 13.4.